The molecule has 0 amide bonds. The van der Waals surface area contributed by atoms with E-state index < -0.39 is 0 Å². The molecule has 0 radical (unpaired) electrons. The summed E-state index contributed by atoms with van der Waals surface area (Å²) in [7, 11) is 0. The van der Waals surface area contributed by atoms with Gasteiger partial charge in [0.15, 0.2) is 11.6 Å². The average Bonchev–Trinajstić information content (AvgIpc) is 3.03. The second kappa shape index (κ2) is 6.93. The highest BCUT2D eigenvalue weighted by Crippen LogP contribution is 2.27. The Bertz CT molecular complexity index is 455. The fourth-order valence-corrected chi connectivity index (χ4v) is 3.11. The van der Waals surface area contributed by atoms with Gasteiger partial charge in [-0.3, -0.25) is 0 Å². The zero-order chi connectivity index (χ0) is 14.5. The van der Waals surface area contributed by atoms with Gasteiger partial charge in [0.2, 0.25) is 0 Å². The largest absolute Gasteiger partial charge is 0.393 e. The van der Waals surface area contributed by atoms with Crippen molar-refractivity contribution in [3.63, 3.8) is 0 Å². The third-order valence-corrected chi connectivity index (χ3v) is 4.35. The van der Waals surface area contributed by atoms with Crippen molar-refractivity contribution in [1.29, 1.82) is 0 Å². The zero-order valence-corrected chi connectivity index (χ0v) is 12.5. The van der Waals surface area contributed by atoms with Crippen molar-refractivity contribution in [2.24, 2.45) is 0 Å². The van der Waals surface area contributed by atoms with Gasteiger partial charge in [-0.05, 0) is 25.7 Å². The van der Waals surface area contributed by atoms with Crippen LogP contribution in [0.5, 0.6) is 0 Å². The van der Waals surface area contributed by atoms with Gasteiger partial charge in [-0.2, -0.15) is 0 Å². The number of ether oxygens (including phenoxy) is 1. The van der Waals surface area contributed by atoms with E-state index in [1.54, 1.807) is 6.33 Å². The van der Waals surface area contributed by atoms with Crippen molar-refractivity contribution in [1.82, 2.24) is 9.97 Å². The van der Waals surface area contributed by atoms with E-state index >= 15 is 0 Å². The molecule has 116 valence electrons. The summed E-state index contributed by atoms with van der Waals surface area (Å²) >= 11 is 0. The lowest BCUT2D eigenvalue weighted by molar-refractivity contribution is 0.120. The van der Waals surface area contributed by atoms with Crippen LogP contribution in [0.4, 0.5) is 17.3 Å². The third kappa shape index (κ3) is 3.75. The summed E-state index contributed by atoms with van der Waals surface area (Å²) in [5, 5.41) is 6.76. The van der Waals surface area contributed by atoms with Gasteiger partial charge >= 0.3 is 0 Å². The molecule has 2 heterocycles. The van der Waals surface area contributed by atoms with E-state index in [-0.39, 0.29) is 6.10 Å². The van der Waals surface area contributed by atoms with Crippen LogP contribution in [0.1, 0.15) is 44.9 Å². The molecule has 0 aromatic carbocycles. The Balaban J connectivity index is 1.60. The van der Waals surface area contributed by atoms with Gasteiger partial charge in [0.25, 0.3) is 0 Å². The number of anilines is 3. The van der Waals surface area contributed by atoms with E-state index in [0.717, 1.165) is 31.8 Å². The summed E-state index contributed by atoms with van der Waals surface area (Å²) < 4.78 is 5.60. The molecule has 1 aliphatic carbocycles. The Morgan fingerprint density at radius 3 is 2.67 bits per heavy atom. The molecule has 4 N–H and O–H groups in total. The van der Waals surface area contributed by atoms with Gasteiger partial charge < -0.3 is 21.1 Å². The summed E-state index contributed by atoms with van der Waals surface area (Å²) in [5.41, 5.74) is 6.81. The number of rotatable bonds is 5. The van der Waals surface area contributed by atoms with Crippen LogP contribution in [0.25, 0.3) is 0 Å². The van der Waals surface area contributed by atoms with Crippen LogP contribution in [0.2, 0.25) is 0 Å². The molecule has 1 saturated heterocycles. The van der Waals surface area contributed by atoms with Gasteiger partial charge in [-0.1, -0.05) is 19.3 Å². The third-order valence-electron chi connectivity index (χ3n) is 4.35. The predicted octanol–water partition coefficient (Wildman–Crippen LogP) is 2.39. The second-order valence-corrected chi connectivity index (χ2v) is 5.98. The van der Waals surface area contributed by atoms with E-state index in [0.29, 0.717) is 17.5 Å². The number of hydrogen-bond acceptors (Lipinski definition) is 6. The summed E-state index contributed by atoms with van der Waals surface area (Å²) in [4.78, 5) is 8.54. The Morgan fingerprint density at radius 2 is 1.90 bits per heavy atom. The van der Waals surface area contributed by atoms with E-state index in [2.05, 4.69) is 20.6 Å². The first-order chi connectivity index (χ1) is 10.3. The standard InChI is InChI=1S/C15H25N5O/c16-13-14(17-9-12-7-4-8-21-12)18-10-19-15(13)20-11-5-2-1-3-6-11/h10-12H,1-9,16H2,(H2,17,18,19,20). The zero-order valence-electron chi connectivity index (χ0n) is 12.5. The lowest BCUT2D eigenvalue weighted by atomic mass is 9.95. The highest BCUT2D eigenvalue weighted by molar-refractivity contribution is 5.74. The quantitative estimate of drug-likeness (QED) is 0.772. The van der Waals surface area contributed by atoms with Crippen LogP contribution in [-0.4, -0.2) is 35.3 Å². The number of hydrogen-bond donors (Lipinski definition) is 3. The van der Waals surface area contributed by atoms with Crippen molar-refractivity contribution < 1.29 is 4.74 Å². The Labute approximate surface area is 125 Å². The molecule has 2 aliphatic rings. The molecule has 1 atom stereocenters. The molecule has 1 aliphatic heterocycles. The normalized spacial score (nSPS) is 23.1. The Hall–Kier alpha value is -1.56. The van der Waals surface area contributed by atoms with Crippen molar-refractivity contribution in [3.8, 4) is 0 Å². The molecule has 1 aromatic heterocycles. The van der Waals surface area contributed by atoms with Crippen LogP contribution in [-0.2, 0) is 4.74 Å². The van der Waals surface area contributed by atoms with E-state index in [4.69, 9.17) is 10.5 Å². The molecule has 2 fully saturated rings. The number of aromatic nitrogens is 2. The minimum absolute atomic E-state index is 0.272. The van der Waals surface area contributed by atoms with Crippen molar-refractivity contribution in [2.75, 3.05) is 29.5 Å². The van der Waals surface area contributed by atoms with Gasteiger partial charge in [0, 0.05) is 19.2 Å². The smallest absolute Gasteiger partial charge is 0.155 e. The highest BCUT2D eigenvalue weighted by atomic mass is 16.5. The second-order valence-electron chi connectivity index (χ2n) is 5.98. The maximum atomic E-state index is 6.19. The maximum absolute atomic E-state index is 6.19. The SMILES string of the molecule is Nc1c(NCC2CCCO2)ncnc1NC1CCCCC1. The van der Waals surface area contributed by atoms with Crippen molar-refractivity contribution in [3.05, 3.63) is 6.33 Å². The number of nitrogens with two attached hydrogens (primary N) is 1. The van der Waals surface area contributed by atoms with Crippen molar-refractivity contribution >= 4 is 17.3 Å². The summed E-state index contributed by atoms with van der Waals surface area (Å²) in [5.74, 6) is 1.46. The first-order valence-electron chi connectivity index (χ1n) is 8.05. The van der Waals surface area contributed by atoms with Crippen LogP contribution in [0.3, 0.4) is 0 Å². The maximum Gasteiger partial charge on any atom is 0.155 e. The van der Waals surface area contributed by atoms with Gasteiger partial charge in [-0.25, -0.2) is 9.97 Å². The minimum atomic E-state index is 0.272. The highest BCUT2D eigenvalue weighted by Gasteiger charge is 2.18. The first kappa shape index (κ1) is 14.4. The van der Waals surface area contributed by atoms with E-state index in [1.807, 2.05) is 0 Å². The number of nitrogen functional groups attached to an aromatic ring is 1. The van der Waals surface area contributed by atoms with Gasteiger partial charge in [0.05, 0.1) is 6.10 Å². The predicted molar refractivity (Wildman–Crippen MR) is 84.4 cm³/mol. The van der Waals surface area contributed by atoms with Gasteiger partial charge in [0.1, 0.15) is 12.0 Å². The number of nitrogens with zero attached hydrogens (tertiary/aromatic N) is 2. The van der Waals surface area contributed by atoms with Gasteiger partial charge in [-0.15, -0.1) is 0 Å². The molecule has 0 spiro atoms. The molecule has 1 unspecified atom stereocenters. The minimum Gasteiger partial charge on any atom is -0.393 e. The number of nitrogens with one attached hydrogen (secondary N) is 2. The molecule has 0 bridgehead atoms. The topological polar surface area (TPSA) is 85.1 Å². The van der Waals surface area contributed by atoms with Crippen LogP contribution in [0.15, 0.2) is 6.33 Å². The van der Waals surface area contributed by atoms with E-state index in [9.17, 15) is 0 Å². The summed E-state index contributed by atoms with van der Waals surface area (Å²) in [6, 6.07) is 0.488. The monoisotopic (exact) mass is 291 g/mol. The molecule has 1 aromatic rings. The fourth-order valence-electron chi connectivity index (χ4n) is 3.11. The average molecular weight is 291 g/mol. The van der Waals surface area contributed by atoms with Crippen molar-refractivity contribution in [2.45, 2.75) is 57.1 Å². The first-order valence-corrected chi connectivity index (χ1v) is 8.05. The molecule has 6 heteroatoms. The molecule has 1 saturated carbocycles. The van der Waals surface area contributed by atoms with E-state index in [1.165, 1.54) is 32.1 Å². The van der Waals surface area contributed by atoms with Crippen LogP contribution in [0, 0.1) is 0 Å². The molecule has 3 rings (SSSR count). The molecule has 21 heavy (non-hydrogen) atoms. The molecular weight excluding hydrogens is 266 g/mol. The van der Waals surface area contributed by atoms with Crippen LogP contribution < -0.4 is 16.4 Å². The molecule has 6 nitrogen and oxygen atoms in total. The lowest BCUT2D eigenvalue weighted by Crippen LogP contribution is -2.24. The Kier molecular flexibility index (Phi) is 4.75. The van der Waals surface area contributed by atoms with Crippen LogP contribution >= 0.6 is 0 Å². The summed E-state index contributed by atoms with van der Waals surface area (Å²) in [6.07, 6.45) is 10.4. The fraction of sp³-hybridized carbons (Fsp3) is 0.733. The molecular formula is C15H25N5O. The Morgan fingerprint density at radius 1 is 1.10 bits per heavy atom. The lowest BCUT2D eigenvalue weighted by Gasteiger charge is -2.24. The summed E-state index contributed by atoms with van der Waals surface area (Å²) in [6.45, 7) is 1.62.